The number of halogens is 1. The largest absolute Gasteiger partial charge is 0.466 e. The molecule has 0 spiro atoms. The van der Waals surface area contributed by atoms with Gasteiger partial charge in [-0.25, -0.2) is 24.4 Å². The molecule has 0 bridgehead atoms. The summed E-state index contributed by atoms with van der Waals surface area (Å²) >= 11 is 0. The van der Waals surface area contributed by atoms with Gasteiger partial charge in [0.05, 0.1) is 43.3 Å². The highest BCUT2D eigenvalue weighted by molar-refractivity contribution is 5.93. The molecule has 4 aliphatic rings. The standard InChI is InChI=1S/C25H33N3O4.C20H25N3O2.C4H8O2.CH4.ClH/c1-15-13-18(16-7-6-8-16)19(14-17(15)23(29)31-5)22-26-20-9-11-28(12-10-21(20)27-22)24(30)32-25(2,3)4;1-12-10-15(13-4-3-5-13)16(11-14(12)20(24)25-2)19-22-17-6-8-21-9-7-18(17)23-19;1-3-6-4(2)5;;/h13-14,16H,6-12H2,1-5H3,(H,26,27);10-11,13,21H,3-9H2,1-2H3,(H,22,23);3H2,1-2H3;1H4;1H. The summed E-state index contributed by atoms with van der Waals surface area (Å²) in [4.78, 5) is 65.4. The van der Waals surface area contributed by atoms with E-state index in [9.17, 15) is 19.2 Å². The van der Waals surface area contributed by atoms with Crippen LogP contribution in [0.4, 0.5) is 4.79 Å². The average Bonchev–Trinajstić information content (AvgIpc) is 3.64. The molecule has 3 N–H and O–H groups in total. The number of aryl methyl sites for hydroxylation is 2. The molecule has 2 saturated carbocycles. The van der Waals surface area contributed by atoms with Crippen molar-refractivity contribution in [2.45, 2.75) is 138 Å². The molecule has 65 heavy (non-hydrogen) atoms. The van der Waals surface area contributed by atoms with Crippen LogP contribution in [0.5, 0.6) is 0 Å². The van der Waals surface area contributed by atoms with E-state index in [4.69, 9.17) is 24.2 Å². The van der Waals surface area contributed by atoms with E-state index in [0.29, 0.717) is 55.5 Å². The van der Waals surface area contributed by atoms with Crippen molar-refractivity contribution in [1.29, 1.82) is 0 Å². The van der Waals surface area contributed by atoms with Crippen LogP contribution < -0.4 is 5.32 Å². The van der Waals surface area contributed by atoms with E-state index in [2.05, 4.69) is 32.2 Å². The molecular formula is C50H71ClN6O8. The number of esters is 3. The average molecular weight is 920 g/mol. The van der Waals surface area contributed by atoms with Crippen molar-refractivity contribution in [2.24, 2.45) is 0 Å². The molecule has 2 aliphatic heterocycles. The first-order valence-corrected chi connectivity index (χ1v) is 22.5. The predicted molar refractivity (Wildman–Crippen MR) is 255 cm³/mol. The van der Waals surface area contributed by atoms with E-state index in [0.717, 1.165) is 89.8 Å². The zero-order valence-corrected chi connectivity index (χ0v) is 39.9. The minimum absolute atomic E-state index is 0. The summed E-state index contributed by atoms with van der Waals surface area (Å²) in [6.07, 6.45) is 10.3. The minimum Gasteiger partial charge on any atom is -0.466 e. The molecule has 4 heterocycles. The van der Waals surface area contributed by atoms with Gasteiger partial charge in [0.1, 0.15) is 17.2 Å². The Morgan fingerprint density at radius 2 is 1.18 bits per heavy atom. The first-order chi connectivity index (χ1) is 30.1. The summed E-state index contributed by atoms with van der Waals surface area (Å²) in [5.74, 6) is 1.96. The maximum Gasteiger partial charge on any atom is 0.410 e. The first-order valence-electron chi connectivity index (χ1n) is 22.5. The molecular weight excluding hydrogens is 848 g/mol. The van der Waals surface area contributed by atoms with Crippen LogP contribution in [0.2, 0.25) is 0 Å². The summed E-state index contributed by atoms with van der Waals surface area (Å²) in [6, 6.07) is 8.20. The molecule has 2 aliphatic carbocycles. The van der Waals surface area contributed by atoms with Crippen molar-refractivity contribution in [3.05, 3.63) is 80.4 Å². The maximum atomic E-state index is 12.5. The highest BCUT2D eigenvalue weighted by atomic mass is 35.5. The van der Waals surface area contributed by atoms with E-state index >= 15 is 0 Å². The molecule has 15 heteroatoms. The van der Waals surface area contributed by atoms with Gasteiger partial charge in [0, 0.05) is 81.3 Å². The number of carbonyl (C=O) groups excluding carboxylic acids is 4. The lowest BCUT2D eigenvalue weighted by atomic mass is 9.77. The Bertz CT molecular complexity index is 2240. The lowest BCUT2D eigenvalue weighted by Crippen LogP contribution is -2.38. The van der Waals surface area contributed by atoms with E-state index in [1.54, 1.807) is 11.8 Å². The van der Waals surface area contributed by atoms with Gasteiger partial charge in [-0.3, -0.25) is 4.79 Å². The van der Waals surface area contributed by atoms with Crippen LogP contribution in [0, 0.1) is 13.8 Å². The zero-order valence-electron chi connectivity index (χ0n) is 39.1. The number of hydrogen-bond acceptors (Lipinski definition) is 11. The van der Waals surface area contributed by atoms with Crippen LogP contribution in [0.15, 0.2) is 24.3 Å². The number of aromatic amines is 2. The van der Waals surface area contributed by atoms with Gasteiger partial charge < -0.3 is 39.1 Å². The Morgan fingerprint density at radius 3 is 1.60 bits per heavy atom. The van der Waals surface area contributed by atoms with Crippen molar-refractivity contribution in [3.63, 3.8) is 0 Å². The molecule has 8 rings (SSSR count). The predicted octanol–water partition coefficient (Wildman–Crippen LogP) is 9.53. The van der Waals surface area contributed by atoms with E-state index in [1.165, 1.54) is 63.6 Å². The molecule has 4 aromatic rings. The molecule has 0 unspecified atom stereocenters. The second-order valence-corrected chi connectivity index (χ2v) is 17.9. The summed E-state index contributed by atoms with van der Waals surface area (Å²) < 4.78 is 19.9. The smallest absolute Gasteiger partial charge is 0.410 e. The van der Waals surface area contributed by atoms with Gasteiger partial charge in [-0.15, -0.1) is 12.4 Å². The fourth-order valence-electron chi connectivity index (χ4n) is 8.47. The van der Waals surface area contributed by atoms with Crippen LogP contribution in [0.25, 0.3) is 22.8 Å². The van der Waals surface area contributed by atoms with Crippen molar-refractivity contribution in [3.8, 4) is 22.8 Å². The molecule has 0 saturated heterocycles. The van der Waals surface area contributed by atoms with Crippen molar-refractivity contribution in [1.82, 2.24) is 30.2 Å². The number of nitrogens with one attached hydrogen (secondary N) is 3. The molecule has 356 valence electrons. The third kappa shape index (κ3) is 13.0. The van der Waals surface area contributed by atoms with Crippen molar-refractivity contribution < 1.29 is 38.1 Å². The number of H-pyrrole nitrogens is 2. The number of imidazole rings is 2. The Hall–Kier alpha value is -5.21. The third-order valence-corrected chi connectivity index (χ3v) is 12.3. The molecule has 2 fully saturated rings. The Morgan fingerprint density at radius 1 is 0.723 bits per heavy atom. The SMILES string of the molecule is C.CCOC(C)=O.COC(=O)c1cc(-c2nc3c([nH]2)CCN(C(=O)OC(C)(C)C)CC3)c(C2CCC2)cc1C.COC(=O)c1cc(-c2nc3c([nH]2)CCNCC3)c(C2CCC2)cc1C.Cl. The number of carbonyl (C=O) groups is 4. The number of fused-ring (bicyclic) bond motifs is 2. The normalized spacial score (nSPS) is 15.7. The number of methoxy groups -OCH3 is 2. The lowest BCUT2D eigenvalue weighted by Gasteiger charge is -2.28. The number of ether oxygens (including phenoxy) is 4. The van der Waals surface area contributed by atoms with Crippen LogP contribution in [0.1, 0.15) is 158 Å². The van der Waals surface area contributed by atoms with Gasteiger partial charge in [-0.2, -0.15) is 0 Å². The molecule has 2 aromatic carbocycles. The first kappa shape index (κ1) is 52.4. The summed E-state index contributed by atoms with van der Waals surface area (Å²) in [6.45, 7) is 16.3. The van der Waals surface area contributed by atoms with Crippen LogP contribution in [-0.4, -0.2) is 101 Å². The van der Waals surface area contributed by atoms with Crippen LogP contribution in [0.3, 0.4) is 0 Å². The fraction of sp³-hybridized carbons (Fsp3) is 0.560. The van der Waals surface area contributed by atoms with Crippen molar-refractivity contribution >= 4 is 36.4 Å². The molecule has 2 aromatic heterocycles. The van der Waals surface area contributed by atoms with E-state index < -0.39 is 5.60 Å². The van der Waals surface area contributed by atoms with Gasteiger partial charge in [-0.05, 0) is 113 Å². The van der Waals surface area contributed by atoms with E-state index in [1.807, 2.05) is 46.8 Å². The molecule has 0 radical (unpaired) electrons. The Balaban J connectivity index is 0.000000251. The lowest BCUT2D eigenvalue weighted by molar-refractivity contribution is -0.140. The number of aromatic nitrogens is 4. The Kier molecular flexibility index (Phi) is 18.8. The van der Waals surface area contributed by atoms with E-state index in [-0.39, 0.29) is 43.8 Å². The van der Waals surface area contributed by atoms with Crippen LogP contribution in [-0.2, 0) is 49.4 Å². The second kappa shape index (κ2) is 23.3. The van der Waals surface area contributed by atoms with Crippen LogP contribution >= 0.6 is 12.4 Å². The topological polar surface area (TPSA) is 178 Å². The molecule has 0 atom stereocenters. The highest BCUT2D eigenvalue weighted by Crippen LogP contribution is 2.43. The quantitative estimate of drug-likeness (QED) is 0.119. The second-order valence-electron chi connectivity index (χ2n) is 17.9. The van der Waals surface area contributed by atoms with Crippen molar-refractivity contribution in [2.75, 3.05) is 47.0 Å². The van der Waals surface area contributed by atoms with Gasteiger partial charge in [-0.1, -0.05) is 32.4 Å². The number of hydrogen-bond donors (Lipinski definition) is 3. The number of nitrogens with zero attached hydrogens (tertiary/aromatic N) is 3. The van der Waals surface area contributed by atoms with Gasteiger partial charge >= 0.3 is 24.0 Å². The zero-order chi connectivity index (χ0) is 45.4. The minimum atomic E-state index is -0.510. The summed E-state index contributed by atoms with van der Waals surface area (Å²) in [5.41, 5.74) is 11.6. The molecule has 1 amide bonds. The van der Waals surface area contributed by atoms with Gasteiger partial charge in [0.25, 0.3) is 0 Å². The number of rotatable bonds is 7. The summed E-state index contributed by atoms with van der Waals surface area (Å²) in [5, 5.41) is 3.41. The summed E-state index contributed by atoms with van der Waals surface area (Å²) in [7, 11) is 2.84. The maximum absolute atomic E-state index is 12.5. The van der Waals surface area contributed by atoms with Gasteiger partial charge in [0.15, 0.2) is 0 Å². The number of benzene rings is 2. The Labute approximate surface area is 391 Å². The fourth-order valence-corrected chi connectivity index (χ4v) is 8.47. The molecule has 14 nitrogen and oxygen atoms in total. The third-order valence-electron chi connectivity index (χ3n) is 12.3. The highest BCUT2D eigenvalue weighted by Gasteiger charge is 2.30. The number of amides is 1. The van der Waals surface area contributed by atoms with Gasteiger partial charge in [0.2, 0.25) is 0 Å². The monoisotopic (exact) mass is 919 g/mol.